The molecule has 0 saturated heterocycles. The van der Waals surface area contributed by atoms with Gasteiger partial charge in [-0.1, -0.05) is 72.3 Å². The SMILES string of the molecule is CN(C)C(=O)C(c1ccccc1)c1ccccc1.COc1ccc2c(c1)c(CC(=O)O)c(C)n2C(=O)c1ccc(Cl)cc1. The van der Waals surface area contributed by atoms with E-state index >= 15 is 0 Å². The van der Waals surface area contributed by atoms with Crippen LogP contribution in [0.4, 0.5) is 0 Å². The molecule has 0 fully saturated rings. The number of carboxylic acids is 1. The Bertz CT molecular complexity index is 1690. The predicted molar refractivity (Wildman–Crippen MR) is 169 cm³/mol. The minimum absolute atomic E-state index is 0.104. The van der Waals surface area contributed by atoms with E-state index < -0.39 is 5.97 Å². The molecule has 1 amide bonds. The summed E-state index contributed by atoms with van der Waals surface area (Å²) in [6.45, 7) is 1.75. The van der Waals surface area contributed by atoms with Crippen molar-refractivity contribution in [2.24, 2.45) is 0 Å². The van der Waals surface area contributed by atoms with Gasteiger partial charge in [-0.3, -0.25) is 19.0 Å². The lowest BCUT2D eigenvalue weighted by atomic mass is 9.90. The van der Waals surface area contributed by atoms with Crippen LogP contribution in [0.5, 0.6) is 5.75 Å². The summed E-state index contributed by atoms with van der Waals surface area (Å²) in [6.07, 6.45) is -0.170. The number of hydrogen-bond acceptors (Lipinski definition) is 4. The molecule has 8 heteroatoms. The molecule has 7 nitrogen and oxygen atoms in total. The van der Waals surface area contributed by atoms with Crippen molar-refractivity contribution in [1.82, 2.24) is 9.47 Å². The normalized spacial score (nSPS) is 10.7. The van der Waals surface area contributed by atoms with Gasteiger partial charge in [0.25, 0.3) is 5.91 Å². The summed E-state index contributed by atoms with van der Waals surface area (Å²) >= 11 is 5.89. The monoisotopic (exact) mass is 596 g/mol. The fraction of sp³-hybridized carbons (Fsp3) is 0.171. The molecule has 0 aliphatic rings. The summed E-state index contributed by atoms with van der Waals surface area (Å²) in [5.74, 6) is -0.699. The zero-order valence-corrected chi connectivity index (χ0v) is 25.2. The quantitative estimate of drug-likeness (QED) is 0.222. The molecular weight excluding hydrogens is 564 g/mol. The maximum atomic E-state index is 13.0. The van der Waals surface area contributed by atoms with Crippen molar-refractivity contribution < 1.29 is 24.2 Å². The number of aromatic nitrogens is 1. The number of carboxylic acid groups (broad SMARTS) is 1. The van der Waals surface area contributed by atoms with Gasteiger partial charge in [-0.05, 0) is 66.1 Å². The predicted octanol–water partition coefficient (Wildman–Crippen LogP) is 6.83. The third-order valence-electron chi connectivity index (χ3n) is 7.12. The minimum atomic E-state index is -0.955. The van der Waals surface area contributed by atoms with Crippen molar-refractivity contribution >= 4 is 40.3 Å². The number of fused-ring (bicyclic) bond motifs is 1. The number of nitrogens with zero attached hydrogens (tertiary/aromatic N) is 2. The van der Waals surface area contributed by atoms with Gasteiger partial charge in [0.1, 0.15) is 5.75 Å². The summed E-state index contributed by atoms with van der Waals surface area (Å²) in [7, 11) is 5.13. The molecule has 43 heavy (non-hydrogen) atoms. The lowest BCUT2D eigenvalue weighted by molar-refractivity contribution is -0.136. The second-order valence-corrected chi connectivity index (χ2v) is 10.6. The number of hydrogen-bond donors (Lipinski definition) is 1. The maximum absolute atomic E-state index is 13.0. The zero-order chi connectivity index (χ0) is 31.1. The number of carbonyl (C=O) groups is 3. The number of likely N-dealkylation sites (N-methyl/N-ethyl adjacent to an activating group) is 1. The second-order valence-electron chi connectivity index (χ2n) is 10.2. The molecule has 1 N–H and O–H groups in total. The van der Waals surface area contributed by atoms with E-state index in [0.29, 0.717) is 38.5 Å². The Morgan fingerprint density at radius 2 is 1.42 bits per heavy atom. The van der Waals surface area contributed by atoms with Gasteiger partial charge >= 0.3 is 5.97 Å². The smallest absolute Gasteiger partial charge is 0.307 e. The van der Waals surface area contributed by atoms with Crippen LogP contribution in [0.1, 0.15) is 38.7 Å². The first-order valence-corrected chi connectivity index (χ1v) is 14.0. The Balaban J connectivity index is 0.000000208. The number of ether oxygens (including phenoxy) is 1. The molecule has 0 spiro atoms. The van der Waals surface area contributed by atoms with Crippen LogP contribution in [-0.4, -0.2) is 53.6 Å². The highest BCUT2D eigenvalue weighted by atomic mass is 35.5. The molecule has 5 aromatic rings. The van der Waals surface area contributed by atoms with E-state index in [1.165, 1.54) is 4.57 Å². The molecule has 0 unspecified atom stereocenters. The van der Waals surface area contributed by atoms with Crippen molar-refractivity contribution in [3.8, 4) is 5.75 Å². The third-order valence-corrected chi connectivity index (χ3v) is 7.37. The van der Waals surface area contributed by atoms with Gasteiger partial charge in [-0.15, -0.1) is 0 Å². The van der Waals surface area contributed by atoms with E-state index in [2.05, 4.69) is 0 Å². The summed E-state index contributed by atoms with van der Waals surface area (Å²) < 4.78 is 6.77. The van der Waals surface area contributed by atoms with Crippen LogP contribution in [0.15, 0.2) is 103 Å². The lowest BCUT2D eigenvalue weighted by Gasteiger charge is -2.21. The van der Waals surface area contributed by atoms with Gasteiger partial charge in [-0.2, -0.15) is 0 Å². The van der Waals surface area contributed by atoms with Crippen LogP contribution in [0.3, 0.4) is 0 Å². The number of carbonyl (C=O) groups excluding carboxylic acids is 2. The molecule has 1 heterocycles. The van der Waals surface area contributed by atoms with Crippen LogP contribution in [-0.2, 0) is 16.0 Å². The van der Waals surface area contributed by atoms with Crippen molar-refractivity contribution in [1.29, 1.82) is 0 Å². The zero-order valence-electron chi connectivity index (χ0n) is 24.5. The van der Waals surface area contributed by atoms with Crippen molar-refractivity contribution in [3.05, 3.63) is 136 Å². The fourth-order valence-electron chi connectivity index (χ4n) is 4.97. The fourth-order valence-corrected chi connectivity index (χ4v) is 5.10. The van der Waals surface area contributed by atoms with Gasteiger partial charge < -0.3 is 14.7 Å². The number of rotatable bonds is 7. The molecule has 220 valence electrons. The first-order valence-electron chi connectivity index (χ1n) is 13.6. The summed E-state index contributed by atoms with van der Waals surface area (Å²) in [6, 6.07) is 31.7. The van der Waals surface area contributed by atoms with E-state index in [1.807, 2.05) is 60.7 Å². The molecule has 0 saturated carbocycles. The first kappa shape index (κ1) is 31.1. The summed E-state index contributed by atoms with van der Waals surface area (Å²) in [5.41, 5.74) is 4.38. The molecule has 0 bridgehead atoms. The number of aliphatic carboxylic acids is 1. The highest BCUT2D eigenvalue weighted by Crippen LogP contribution is 2.31. The molecule has 1 aromatic heterocycles. The van der Waals surface area contributed by atoms with Gasteiger partial charge in [0.05, 0.1) is 25.0 Å². The van der Waals surface area contributed by atoms with Crippen LogP contribution in [0.25, 0.3) is 10.9 Å². The van der Waals surface area contributed by atoms with E-state index in [4.69, 9.17) is 16.3 Å². The molecule has 0 radical (unpaired) electrons. The van der Waals surface area contributed by atoms with Gasteiger partial charge in [0, 0.05) is 35.8 Å². The minimum Gasteiger partial charge on any atom is -0.497 e. The highest BCUT2D eigenvalue weighted by Gasteiger charge is 2.24. The molecule has 4 aromatic carbocycles. The average molecular weight is 597 g/mol. The largest absolute Gasteiger partial charge is 0.497 e. The maximum Gasteiger partial charge on any atom is 0.307 e. The lowest BCUT2D eigenvalue weighted by Crippen LogP contribution is -2.28. The van der Waals surface area contributed by atoms with Gasteiger partial charge in [0.2, 0.25) is 5.91 Å². The van der Waals surface area contributed by atoms with Crippen LogP contribution in [0.2, 0.25) is 5.02 Å². The Labute approximate surface area is 255 Å². The first-order chi connectivity index (χ1) is 20.6. The Hall–Kier alpha value is -4.88. The number of amides is 1. The molecule has 5 rings (SSSR count). The molecular formula is C35H33ClN2O5. The van der Waals surface area contributed by atoms with E-state index in [1.54, 1.807) is 75.5 Å². The Morgan fingerprint density at radius 1 is 0.860 bits per heavy atom. The number of methoxy groups -OCH3 is 1. The molecule has 0 atom stereocenters. The Kier molecular flexibility index (Phi) is 10.0. The van der Waals surface area contributed by atoms with Crippen molar-refractivity contribution in [2.45, 2.75) is 19.3 Å². The number of benzene rings is 4. The third kappa shape index (κ3) is 7.13. The number of halogens is 1. The topological polar surface area (TPSA) is 88.8 Å². The highest BCUT2D eigenvalue weighted by molar-refractivity contribution is 6.30. The van der Waals surface area contributed by atoms with Crippen LogP contribution in [0, 0.1) is 6.92 Å². The van der Waals surface area contributed by atoms with Crippen molar-refractivity contribution in [2.75, 3.05) is 21.2 Å². The summed E-state index contributed by atoms with van der Waals surface area (Å²) in [5, 5.41) is 10.5. The van der Waals surface area contributed by atoms with E-state index in [0.717, 1.165) is 11.1 Å². The van der Waals surface area contributed by atoms with Crippen LogP contribution < -0.4 is 4.74 Å². The van der Waals surface area contributed by atoms with E-state index in [9.17, 15) is 19.5 Å². The summed E-state index contributed by atoms with van der Waals surface area (Å²) in [4.78, 5) is 38.3. The van der Waals surface area contributed by atoms with Crippen molar-refractivity contribution in [3.63, 3.8) is 0 Å². The molecule has 0 aliphatic heterocycles. The standard InChI is InChI=1S/C19H16ClNO4.C16H17NO/c1-11-15(10-18(22)23)16-9-14(25-2)7-8-17(16)21(11)19(24)12-3-5-13(20)6-4-12;1-17(2)16(18)15(13-9-5-3-6-10-13)14-11-7-4-8-12-14/h3-9H,10H2,1-2H3,(H,22,23);3-12,15H,1-2H3. The van der Waals surface area contributed by atoms with Gasteiger partial charge in [-0.25, -0.2) is 0 Å². The molecule has 0 aliphatic carbocycles. The van der Waals surface area contributed by atoms with E-state index in [-0.39, 0.29) is 24.2 Å². The Morgan fingerprint density at radius 3 is 1.91 bits per heavy atom. The van der Waals surface area contributed by atoms with Gasteiger partial charge in [0.15, 0.2) is 0 Å². The second kappa shape index (κ2) is 13.9. The average Bonchev–Trinajstić information content (AvgIpc) is 3.28. The van der Waals surface area contributed by atoms with Crippen LogP contribution >= 0.6 is 11.6 Å².